The van der Waals surface area contributed by atoms with E-state index in [1.807, 2.05) is 4.90 Å². The summed E-state index contributed by atoms with van der Waals surface area (Å²) in [5.41, 5.74) is 0. The number of likely N-dealkylation sites (tertiary alicyclic amines) is 1. The van der Waals surface area contributed by atoms with Gasteiger partial charge in [-0.1, -0.05) is 0 Å². The maximum Gasteiger partial charge on any atom is 0.317 e. The monoisotopic (exact) mass is 348 g/mol. The minimum Gasteiger partial charge on any atom is -0.396 e. The predicted molar refractivity (Wildman–Crippen MR) is 95.5 cm³/mol. The Balaban J connectivity index is 1.35. The first-order chi connectivity index (χ1) is 12.3. The van der Waals surface area contributed by atoms with E-state index < -0.39 is 0 Å². The fourth-order valence-electron chi connectivity index (χ4n) is 3.50. The molecule has 2 fully saturated rings. The van der Waals surface area contributed by atoms with Crippen molar-refractivity contribution in [1.29, 1.82) is 0 Å². The van der Waals surface area contributed by atoms with Gasteiger partial charge in [-0.25, -0.2) is 14.8 Å². The van der Waals surface area contributed by atoms with Gasteiger partial charge in [0.15, 0.2) is 0 Å². The van der Waals surface area contributed by atoms with E-state index in [4.69, 9.17) is 0 Å². The molecule has 2 aliphatic rings. The third-order valence-corrected chi connectivity index (χ3v) is 4.97. The molecule has 138 valence electrons. The molecule has 0 radical (unpaired) electrons. The minimum absolute atomic E-state index is 0.00403. The molecule has 1 aromatic heterocycles. The fraction of sp³-hybridized carbons (Fsp3) is 0.706. The molecule has 3 rings (SSSR count). The van der Waals surface area contributed by atoms with Crippen LogP contribution in [0.4, 0.5) is 10.7 Å². The molecule has 0 aromatic carbocycles. The summed E-state index contributed by atoms with van der Waals surface area (Å²) in [5.74, 6) is 1.11. The second kappa shape index (κ2) is 8.96. The van der Waals surface area contributed by atoms with Gasteiger partial charge in [0, 0.05) is 64.8 Å². The lowest BCUT2D eigenvalue weighted by atomic mass is 9.99. The van der Waals surface area contributed by atoms with Gasteiger partial charge < -0.3 is 25.1 Å². The zero-order valence-electron chi connectivity index (χ0n) is 14.7. The SMILES string of the molecule is O=C(NCCN1CCC[C@@H](CO)C1)N1CCN(c2ncccn2)CC1. The van der Waals surface area contributed by atoms with Crippen LogP contribution in [0.15, 0.2) is 18.5 Å². The molecule has 2 amide bonds. The van der Waals surface area contributed by atoms with Crippen LogP contribution in [0.1, 0.15) is 12.8 Å². The fourth-order valence-corrected chi connectivity index (χ4v) is 3.50. The van der Waals surface area contributed by atoms with Crippen molar-refractivity contribution in [2.75, 3.05) is 63.9 Å². The number of anilines is 1. The van der Waals surface area contributed by atoms with Gasteiger partial charge in [-0.3, -0.25) is 0 Å². The number of nitrogens with zero attached hydrogens (tertiary/aromatic N) is 5. The summed E-state index contributed by atoms with van der Waals surface area (Å²) in [7, 11) is 0. The Morgan fingerprint density at radius 3 is 2.68 bits per heavy atom. The number of amides is 2. The Hall–Kier alpha value is -1.93. The number of piperazine rings is 1. The Morgan fingerprint density at radius 2 is 1.96 bits per heavy atom. The second-order valence-corrected chi connectivity index (χ2v) is 6.75. The van der Waals surface area contributed by atoms with E-state index in [0.29, 0.717) is 25.6 Å². The molecular formula is C17H28N6O2. The lowest BCUT2D eigenvalue weighted by Crippen LogP contribution is -2.53. The molecule has 2 aliphatic heterocycles. The summed E-state index contributed by atoms with van der Waals surface area (Å²) in [6, 6.07) is 1.81. The number of aliphatic hydroxyl groups excluding tert-OH is 1. The van der Waals surface area contributed by atoms with Crippen LogP contribution in [0, 0.1) is 5.92 Å². The van der Waals surface area contributed by atoms with Crippen molar-refractivity contribution in [2.45, 2.75) is 12.8 Å². The number of urea groups is 1. The van der Waals surface area contributed by atoms with Gasteiger partial charge in [-0.2, -0.15) is 0 Å². The summed E-state index contributed by atoms with van der Waals surface area (Å²) in [5, 5.41) is 12.3. The van der Waals surface area contributed by atoms with Crippen molar-refractivity contribution in [1.82, 2.24) is 25.1 Å². The standard InChI is InChI=1S/C17H28N6O2/c24-14-15-3-1-7-21(13-15)8-6-20-17(25)23-11-9-22(10-12-23)16-18-4-2-5-19-16/h2,4-5,15,24H,1,3,6-14H2,(H,20,25)/t15-/m1/s1. The van der Waals surface area contributed by atoms with Crippen LogP contribution in [-0.2, 0) is 0 Å². The molecule has 0 bridgehead atoms. The van der Waals surface area contributed by atoms with Crippen LogP contribution in [0.5, 0.6) is 0 Å². The molecule has 1 atom stereocenters. The minimum atomic E-state index is 0.00403. The summed E-state index contributed by atoms with van der Waals surface area (Å²) in [4.78, 5) is 27.1. The Morgan fingerprint density at radius 1 is 1.20 bits per heavy atom. The van der Waals surface area contributed by atoms with E-state index in [2.05, 4.69) is 25.1 Å². The molecule has 0 unspecified atom stereocenters. The van der Waals surface area contributed by atoms with Crippen LogP contribution in [-0.4, -0.2) is 89.9 Å². The molecule has 0 spiro atoms. The lowest BCUT2D eigenvalue weighted by Gasteiger charge is -2.35. The van der Waals surface area contributed by atoms with E-state index in [0.717, 1.165) is 51.5 Å². The zero-order valence-corrected chi connectivity index (χ0v) is 14.7. The molecule has 0 aliphatic carbocycles. The van der Waals surface area contributed by atoms with E-state index in [1.54, 1.807) is 18.5 Å². The van der Waals surface area contributed by atoms with Crippen LogP contribution in [0.3, 0.4) is 0 Å². The second-order valence-electron chi connectivity index (χ2n) is 6.75. The van der Waals surface area contributed by atoms with Crippen molar-refractivity contribution in [3.63, 3.8) is 0 Å². The van der Waals surface area contributed by atoms with E-state index in [1.165, 1.54) is 0 Å². The Kier molecular flexibility index (Phi) is 6.41. The number of nitrogens with one attached hydrogen (secondary N) is 1. The Bertz CT molecular complexity index is 535. The number of carbonyl (C=O) groups is 1. The third kappa shape index (κ3) is 5.02. The highest BCUT2D eigenvalue weighted by molar-refractivity contribution is 5.74. The van der Waals surface area contributed by atoms with E-state index in [9.17, 15) is 9.90 Å². The van der Waals surface area contributed by atoms with Crippen LogP contribution in [0.2, 0.25) is 0 Å². The molecule has 2 N–H and O–H groups in total. The number of aliphatic hydroxyl groups is 1. The maximum atomic E-state index is 12.3. The van der Waals surface area contributed by atoms with Crippen LogP contribution < -0.4 is 10.2 Å². The highest BCUT2D eigenvalue weighted by atomic mass is 16.3. The molecular weight excluding hydrogens is 320 g/mol. The summed E-state index contributed by atoms with van der Waals surface area (Å²) in [6.07, 6.45) is 5.71. The van der Waals surface area contributed by atoms with Gasteiger partial charge in [0.2, 0.25) is 5.95 Å². The van der Waals surface area contributed by atoms with Gasteiger partial charge in [-0.05, 0) is 31.4 Å². The van der Waals surface area contributed by atoms with Crippen molar-refractivity contribution < 1.29 is 9.90 Å². The summed E-state index contributed by atoms with van der Waals surface area (Å²) in [6.45, 7) is 6.62. The molecule has 2 saturated heterocycles. The van der Waals surface area contributed by atoms with Crippen LogP contribution in [0.25, 0.3) is 0 Å². The largest absolute Gasteiger partial charge is 0.396 e. The topological polar surface area (TPSA) is 84.8 Å². The summed E-state index contributed by atoms with van der Waals surface area (Å²) < 4.78 is 0. The molecule has 1 aromatic rings. The maximum absolute atomic E-state index is 12.3. The van der Waals surface area contributed by atoms with E-state index in [-0.39, 0.29) is 12.6 Å². The number of hydrogen-bond donors (Lipinski definition) is 2. The number of piperidine rings is 1. The molecule has 8 nitrogen and oxygen atoms in total. The van der Waals surface area contributed by atoms with Crippen molar-refractivity contribution >= 4 is 12.0 Å². The average molecular weight is 348 g/mol. The first-order valence-electron chi connectivity index (χ1n) is 9.14. The zero-order chi connectivity index (χ0) is 17.5. The third-order valence-electron chi connectivity index (χ3n) is 4.97. The number of carbonyl (C=O) groups excluding carboxylic acids is 1. The quantitative estimate of drug-likeness (QED) is 0.780. The molecule has 25 heavy (non-hydrogen) atoms. The predicted octanol–water partition coefficient (Wildman–Crippen LogP) is 0.0125. The number of hydrogen-bond acceptors (Lipinski definition) is 6. The smallest absolute Gasteiger partial charge is 0.317 e. The average Bonchev–Trinajstić information content (AvgIpc) is 2.69. The van der Waals surface area contributed by atoms with Gasteiger partial charge in [0.25, 0.3) is 0 Å². The highest BCUT2D eigenvalue weighted by Gasteiger charge is 2.23. The van der Waals surface area contributed by atoms with Crippen molar-refractivity contribution in [3.05, 3.63) is 18.5 Å². The summed E-state index contributed by atoms with van der Waals surface area (Å²) >= 11 is 0. The molecule has 3 heterocycles. The molecule has 8 heteroatoms. The first kappa shape index (κ1) is 17.9. The first-order valence-corrected chi connectivity index (χ1v) is 9.14. The van der Waals surface area contributed by atoms with Gasteiger partial charge in [0.1, 0.15) is 0 Å². The van der Waals surface area contributed by atoms with Gasteiger partial charge in [-0.15, -0.1) is 0 Å². The van der Waals surface area contributed by atoms with Crippen molar-refractivity contribution in [2.24, 2.45) is 5.92 Å². The highest BCUT2D eigenvalue weighted by Crippen LogP contribution is 2.15. The van der Waals surface area contributed by atoms with Gasteiger partial charge >= 0.3 is 6.03 Å². The van der Waals surface area contributed by atoms with Crippen molar-refractivity contribution in [3.8, 4) is 0 Å². The van der Waals surface area contributed by atoms with Gasteiger partial charge in [0.05, 0.1) is 0 Å². The van der Waals surface area contributed by atoms with E-state index >= 15 is 0 Å². The normalized spacial score (nSPS) is 22.0. The Labute approximate surface area is 148 Å². The molecule has 0 saturated carbocycles. The number of rotatable bonds is 5. The number of aromatic nitrogens is 2. The van der Waals surface area contributed by atoms with Crippen LogP contribution >= 0.6 is 0 Å². The lowest BCUT2D eigenvalue weighted by molar-refractivity contribution is 0.120.